The van der Waals surface area contributed by atoms with Gasteiger partial charge in [0.15, 0.2) is 0 Å². The van der Waals surface area contributed by atoms with Crippen molar-refractivity contribution in [1.82, 2.24) is 9.47 Å². The van der Waals surface area contributed by atoms with Crippen molar-refractivity contribution in [2.24, 2.45) is 5.41 Å². The smallest absolute Gasteiger partial charge is 0.0812 e. The second-order valence-electron chi connectivity index (χ2n) is 7.45. The molecule has 2 heterocycles. The summed E-state index contributed by atoms with van der Waals surface area (Å²) in [6, 6.07) is 2.55. The standard InChI is InChI=1S/C17H28N2O2/c1-13(12-18-6-8-21-9-7-18)19-5-4-14-15(19)10-17(2,3)11-16(14)20/h4-5,13,16,20H,6-12H2,1-3H3. The van der Waals surface area contributed by atoms with E-state index in [0.29, 0.717) is 6.04 Å². The van der Waals surface area contributed by atoms with Crippen molar-refractivity contribution in [1.29, 1.82) is 0 Å². The third-order valence-corrected chi connectivity index (χ3v) is 4.91. The Balaban J connectivity index is 1.77. The molecule has 0 spiro atoms. The zero-order valence-electron chi connectivity index (χ0n) is 13.5. The molecular formula is C17H28N2O2. The molecule has 2 atom stereocenters. The fourth-order valence-corrected chi connectivity index (χ4v) is 3.81. The quantitative estimate of drug-likeness (QED) is 0.929. The van der Waals surface area contributed by atoms with Gasteiger partial charge in [0.05, 0.1) is 19.3 Å². The SMILES string of the molecule is CC(CN1CCOCC1)n1ccc2c1CC(C)(C)CC2O. The van der Waals surface area contributed by atoms with E-state index in [9.17, 15) is 5.11 Å². The molecule has 0 aromatic carbocycles. The summed E-state index contributed by atoms with van der Waals surface area (Å²) in [6.07, 6.45) is 3.78. The Bertz CT molecular complexity index is 489. The minimum absolute atomic E-state index is 0.182. The minimum Gasteiger partial charge on any atom is -0.388 e. The van der Waals surface area contributed by atoms with E-state index >= 15 is 0 Å². The van der Waals surface area contributed by atoms with Crippen LogP contribution in [-0.4, -0.2) is 47.4 Å². The molecule has 21 heavy (non-hydrogen) atoms. The van der Waals surface area contributed by atoms with Gasteiger partial charge < -0.3 is 14.4 Å². The number of nitrogens with zero attached hydrogens (tertiary/aromatic N) is 2. The van der Waals surface area contributed by atoms with Crippen LogP contribution >= 0.6 is 0 Å². The van der Waals surface area contributed by atoms with E-state index in [1.165, 1.54) is 5.69 Å². The number of aliphatic hydroxyl groups is 1. The van der Waals surface area contributed by atoms with Gasteiger partial charge in [-0.3, -0.25) is 4.90 Å². The fourth-order valence-electron chi connectivity index (χ4n) is 3.81. The minimum atomic E-state index is -0.305. The van der Waals surface area contributed by atoms with Crippen LogP contribution in [0.4, 0.5) is 0 Å². The van der Waals surface area contributed by atoms with E-state index in [1.807, 2.05) is 0 Å². The van der Waals surface area contributed by atoms with E-state index in [2.05, 4.69) is 42.5 Å². The highest BCUT2D eigenvalue weighted by Crippen LogP contribution is 2.41. The molecule has 0 amide bonds. The summed E-state index contributed by atoms with van der Waals surface area (Å²) in [5.74, 6) is 0. The number of hydrogen-bond acceptors (Lipinski definition) is 3. The molecule has 1 aromatic heterocycles. The zero-order chi connectivity index (χ0) is 15.0. The summed E-state index contributed by atoms with van der Waals surface area (Å²) in [7, 11) is 0. The second kappa shape index (κ2) is 5.75. The van der Waals surface area contributed by atoms with Crippen LogP contribution in [0.1, 0.15) is 50.6 Å². The normalized spacial score (nSPS) is 27.3. The first kappa shape index (κ1) is 15.1. The topological polar surface area (TPSA) is 37.6 Å². The summed E-state index contributed by atoms with van der Waals surface area (Å²) in [6.45, 7) is 11.6. The Labute approximate surface area is 127 Å². The zero-order valence-corrected chi connectivity index (χ0v) is 13.5. The highest BCUT2D eigenvalue weighted by molar-refractivity contribution is 5.29. The molecule has 4 nitrogen and oxygen atoms in total. The van der Waals surface area contributed by atoms with Crippen molar-refractivity contribution in [2.45, 2.75) is 45.8 Å². The molecule has 1 aliphatic carbocycles. The third kappa shape index (κ3) is 3.17. The summed E-state index contributed by atoms with van der Waals surface area (Å²) >= 11 is 0. The maximum atomic E-state index is 10.4. The fraction of sp³-hybridized carbons (Fsp3) is 0.765. The van der Waals surface area contributed by atoms with Crippen molar-refractivity contribution in [3.8, 4) is 0 Å². The molecule has 0 radical (unpaired) electrons. The molecule has 1 fully saturated rings. The molecule has 1 aliphatic heterocycles. The summed E-state index contributed by atoms with van der Waals surface area (Å²) < 4.78 is 7.81. The predicted molar refractivity (Wildman–Crippen MR) is 83.5 cm³/mol. The van der Waals surface area contributed by atoms with Crippen LogP contribution in [0.5, 0.6) is 0 Å². The Morgan fingerprint density at radius 2 is 2.10 bits per heavy atom. The molecule has 1 aromatic rings. The number of fused-ring (bicyclic) bond motifs is 1. The number of rotatable bonds is 3. The number of aliphatic hydroxyl groups excluding tert-OH is 1. The molecule has 1 saturated heterocycles. The van der Waals surface area contributed by atoms with Gasteiger partial charge in [-0.15, -0.1) is 0 Å². The van der Waals surface area contributed by atoms with Crippen molar-refractivity contribution in [2.75, 3.05) is 32.8 Å². The van der Waals surface area contributed by atoms with Gasteiger partial charge in [-0.2, -0.15) is 0 Å². The maximum Gasteiger partial charge on any atom is 0.0812 e. The first-order chi connectivity index (χ1) is 9.96. The second-order valence-corrected chi connectivity index (χ2v) is 7.45. The predicted octanol–water partition coefficient (Wildman–Crippen LogP) is 2.39. The Morgan fingerprint density at radius 1 is 1.38 bits per heavy atom. The molecule has 4 heteroatoms. The molecule has 118 valence electrons. The van der Waals surface area contributed by atoms with Crippen LogP contribution in [0.25, 0.3) is 0 Å². The highest BCUT2D eigenvalue weighted by atomic mass is 16.5. The van der Waals surface area contributed by atoms with Crippen LogP contribution in [0.3, 0.4) is 0 Å². The van der Waals surface area contributed by atoms with Crippen LogP contribution in [-0.2, 0) is 11.2 Å². The number of aromatic nitrogens is 1. The van der Waals surface area contributed by atoms with Crippen LogP contribution in [0.2, 0.25) is 0 Å². The van der Waals surface area contributed by atoms with Gasteiger partial charge in [-0.05, 0) is 31.2 Å². The monoisotopic (exact) mass is 292 g/mol. The van der Waals surface area contributed by atoms with Gasteiger partial charge in [-0.25, -0.2) is 0 Å². The lowest BCUT2D eigenvalue weighted by molar-refractivity contribution is 0.0321. The lowest BCUT2D eigenvalue weighted by atomic mass is 9.75. The maximum absolute atomic E-state index is 10.4. The largest absolute Gasteiger partial charge is 0.388 e. The molecule has 0 bridgehead atoms. The van der Waals surface area contributed by atoms with Gasteiger partial charge in [0.1, 0.15) is 0 Å². The highest BCUT2D eigenvalue weighted by Gasteiger charge is 2.34. The van der Waals surface area contributed by atoms with Crippen molar-refractivity contribution in [3.63, 3.8) is 0 Å². The van der Waals surface area contributed by atoms with Crippen LogP contribution in [0, 0.1) is 5.41 Å². The van der Waals surface area contributed by atoms with Crippen molar-refractivity contribution >= 4 is 0 Å². The van der Waals surface area contributed by atoms with E-state index in [0.717, 1.165) is 51.3 Å². The molecule has 2 aliphatic rings. The first-order valence-electron chi connectivity index (χ1n) is 8.14. The van der Waals surface area contributed by atoms with Gasteiger partial charge in [0.2, 0.25) is 0 Å². The lowest BCUT2D eigenvalue weighted by Crippen LogP contribution is -2.39. The van der Waals surface area contributed by atoms with Crippen LogP contribution in [0.15, 0.2) is 12.3 Å². The molecular weight excluding hydrogens is 264 g/mol. The van der Waals surface area contributed by atoms with Crippen molar-refractivity contribution < 1.29 is 9.84 Å². The van der Waals surface area contributed by atoms with E-state index < -0.39 is 0 Å². The summed E-state index contributed by atoms with van der Waals surface area (Å²) in [5.41, 5.74) is 2.66. The summed E-state index contributed by atoms with van der Waals surface area (Å²) in [5, 5.41) is 10.4. The van der Waals surface area contributed by atoms with E-state index in [4.69, 9.17) is 4.74 Å². The Hall–Kier alpha value is -0.840. The number of morpholine rings is 1. The number of ether oxygens (including phenoxy) is 1. The average molecular weight is 292 g/mol. The van der Waals surface area contributed by atoms with Crippen molar-refractivity contribution in [3.05, 3.63) is 23.5 Å². The van der Waals surface area contributed by atoms with Gasteiger partial charge in [0, 0.05) is 43.1 Å². The molecule has 2 unspecified atom stereocenters. The average Bonchev–Trinajstić information content (AvgIpc) is 2.82. The van der Waals surface area contributed by atoms with Gasteiger partial charge in [-0.1, -0.05) is 13.8 Å². The number of hydrogen-bond donors (Lipinski definition) is 1. The molecule has 0 saturated carbocycles. The first-order valence-corrected chi connectivity index (χ1v) is 8.14. The Kier molecular flexibility index (Phi) is 4.12. The van der Waals surface area contributed by atoms with Crippen LogP contribution < -0.4 is 0 Å². The Morgan fingerprint density at radius 3 is 2.81 bits per heavy atom. The van der Waals surface area contributed by atoms with E-state index in [1.54, 1.807) is 0 Å². The summed E-state index contributed by atoms with van der Waals surface area (Å²) in [4.78, 5) is 2.48. The lowest BCUT2D eigenvalue weighted by Gasteiger charge is -2.36. The van der Waals surface area contributed by atoms with Gasteiger partial charge in [0.25, 0.3) is 0 Å². The molecule has 3 rings (SSSR count). The molecule has 1 N–H and O–H groups in total. The van der Waals surface area contributed by atoms with E-state index in [-0.39, 0.29) is 11.5 Å². The third-order valence-electron chi connectivity index (χ3n) is 4.91. The van der Waals surface area contributed by atoms with Gasteiger partial charge >= 0.3 is 0 Å².